The Morgan fingerprint density at radius 1 is 1.44 bits per heavy atom. The Hall–Kier alpha value is -1.80. The van der Waals surface area contributed by atoms with Crippen LogP contribution >= 0.6 is 0 Å². The first-order valence-electron chi connectivity index (χ1n) is 4.97. The number of nitrogens with two attached hydrogens (primary N) is 2. The van der Waals surface area contributed by atoms with E-state index in [0.29, 0.717) is 0 Å². The van der Waals surface area contributed by atoms with Crippen LogP contribution in [-0.2, 0) is 14.8 Å². The van der Waals surface area contributed by atoms with Crippen molar-refractivity contribution in [1.82, 2.24) is 4.31 Å². The molecule has 0 fully saturated rings. The maximum Gasteiger partial charge on any atom is 0.247 e. The van der Waals surface area contributed by atoms with Gasteiger partial charge in [-0.25, -0.2) is 8.42 Å². The number of methoxy groups -OCH3 is 1. The first-order valence-corrected chi connectivity index (χ1v) is 6.41. The van der Waals surface area contributed by atoms with Gasteiger partial charge in [-0.15, -0.1) is 0 Å². The summed E-state index contributed by atoms with van der Waals surface area (Å²) in [4.78, 5) is 10.7. The lowest BCUT2D eigenvalue weighted by atomic mass is 10.3. The number of nitrogen functional groups attached to an aromatic ring is 1. The van der Waals surface area contributed by atoms with Gasteiger partial charge in [-0.1, -0.05) is 0 Å². The second-order valence-corrected chi connectivity index (χ2v) is 5.65. The van der Waals surface area contributed by atoms with Crippen LogP contribution in [0, 0.1) is 0 Å². The molecule has 8 heteroatoms. The molecule has 0 aliphatic heterocycles. The van der Waals surface area contributed by atoms with Crippen molar-refractivity contribution < 1.29 is 17.9 Å². The number of hydrogen-bond acceptors (Lipinski definition) is 5. The van der Waals surface area contributed by atoms with E-state index in [4.69, 9.17) is 16.2 Å². The number of carbonyl (C=O) groups is 1. The highest BCUT2D eigenvalue weighted by molar-refractivity contribution is 7.89. The summed E-state index contributed by atoms with van der Waals surface area (Å²) in [6.45, 7) is -0.416. The Morgan fingerprint density at radius 2 is 2.06 bits per heavy atom. The molecule has 0 bridgehead atoms. The van der Waals surface area contributed by atoms with Gasteiger partial charge in [-0.05, 0) is 18.2 Å². The van der Waals surface area contributed by atoms with Gasteiger partial charge in [0.25, 0.3) is 0 Å². The summed E-state index contributed by atoms with van der Waals surface area (Å²) in [6.07, 6.45) is 0. The SMILES string of the molecule is COc1ccc(N)cc1S(=O)(=O)N(C)CC(N)=O. The van der Waals surface area contributed by atoms with Gasteiger partial charge in [0.15, 0.2) is 0 Å². The third kappa shape index (κ3) is 2.90. The fraction of sp³-hybridized carbons (Fsp3) is 0.300. The normalized spacial score (nSPS) is 11.5. The van der Waals surface area contributed by atoms with Crippen LogP contribution in [0.4, 0.5) is 5.69 Å². The van der Waals surface area contributed by atoms with Crippen molar-refractivity contribution in [2.75, 3.05) is 26.4 Å². The topological polar surface area (TPSA) is 116 Å². The van der Waals surface area contributed by atoms with E-state index in [9.17, 15) is 13.2 Å². The van der Waals surface area contributed by atoms with Crippen LogP contribution < -0.4 is 16.2 Å². The lowest BCUT2D eigenvalue weighted by Gasteiger charge is -2.17. The minimum Gasteiger partial charge on any atom is -0.495 e. The lowest BCUT2D eigenvalue weighted by Crippen LogP contribution is -2.35. The predicted molar refractivity (Wildman–Crippen MR) is 66.4 cm³/mol. The number of amides is 1. The highest BCUT2D eigenvalue weighted by Crippen LogP contribution is 2.27. The molecule has 4 N–H and O–H groups in total. The van der Waals surface area contributed by atoms with E-state index < -0.39 is 22.5 Å². The van der Waals surface area contributed by atoms with Crippen molar-refractivity contribution in [3.8, 4) is 5.75 Å². The Kier molecular flexibility index (Phi) is 4.15. The molecule has 1 rings (SSSR count). The maximum absolute atomic E-state index is 12.2. The molecular formula is C10H15N3O4S. The molecular weight excluding hydrogens is 258 g/mol. The van der Waals surface area contributed by atoms with E-state index in [1.807, 2.05) is 0 Å². The van der Waals surface area contributed by atoms with Gasteiger partial charge >= 0.3 is 0 Å². The molecule has 0 aliphatic carbocycles. The molecule has 100 valence electrons. The zero-order valence-corrected chi connectivity index (χ0v) is 10.9. The number of primary amides is 1. The molecule has 0 saturated carbocycles. The van der Waals surface area contributed by atoms with Gasteiger partial charge in [0.2, 0.25) is 15.9 Å². The summed E-state index contributed by atoms with van der Waals surface area (Å²) >= 11 is 0. The summed E-state index contributed by atoms with van der Waals surface area (Å²) in [5.41, 5.74) is 10.8. The van der Waals surface area contributed by atoms with Crippen LogP contribution in [0.15, 0.2) is 23.1 Å². The number of hydrogen-bond donors (Lipinski definition) is 2. The lowest BCUT2D eigenvalue weighted by molar-refractivity contribution is -0.118. The molecule has 0 atom stereocenters. The van der Waals surface area contributed by atoms with Crippen molar-refractivity contribution >= 4 is 21.6 Å². The third-order valence-corrected chi connectivity index (χ3v) is 4.08. The monoisotopic (exact) mass is 273 g/mol. The van der Waals surface area contributed by atoms with Gasteiger partial charge in [0, 0.05) is 12.7 Å². The molecule has 0 saturated heterocycles. The largest absolute Gasteiger partial charge is 0.495 e. The number of likely N-dealkylation sites (N-methyl/N-ethyl adjacent to an activating group) is 1. The molecule has 0 radical (unpaired) electrons. The zero-order valence-electron chi connectivity index (χ0n) is 10.1. The molecule has 1 aromatic carbocycles. The average molecular weight is 273 g/mol. The molecule has 1 aromatic rings. The number of rotatable bonds is 5. The summed E-state index contributed by atoms with van der Waals surface area (Å²) in [5, 5.41) is 0. The van der Waals surface area contributed by atoms with Crippen LogP contribution in [0.1, 0.15) is 0 Å². The number of sulfonamides is 1. The fourth-order valence-corrected chi connectivity index (χ4v) is 2.69. The average Bonchev–Trinajstić information content (AvgIpc) is 2.28. The van der Waals surface area contributed by atoms with E-state index in [0.717, 1.165) is 4.31 Å². The van der Waals surface area contributed by atoms with E-state index >= 15 is 0 Å². The summed E-state index contributed by atoms with van der Waals surface area (Å²) in [6, 6.07) is 4.23. The van der Waals surface area contributed by atoms with E-state index in [1.165, 1.54) is 32.4 Å². The van der Waals surface area contributed by atoms with Gasteiger partial charge in [0.05, 0.1) is 13.7 Å². The Balaban J connectivity index is 3.27. The first kappa shape index (κ1) is 14.3. The maximum atomic E-state index is 12.2. The highest BCUT2D eigenvalue weighted by Gasteiger charge is 2.26. The second kappa shape index (κ2) is 5.23. The summed E-state index contributed by atoms with van der Waals surface area (Å²) in [7, 11) is -1.27. The standard InChI is InChI=1S/C10H15N3O4S/c1-13(6-10(12)14)18(15,16)9-5-7(11)3-4-8(9)17-2/h3-5H,6,11H2,1-2H3,(H2,12,14). The molecule has 0 heterocycles. The number of anilines is 1. The van der Waals surface area contributed by atoms with Crippen LogP contribution in [0.25, 0.3) is 0 Å². The Labute approximate surface area is 105 Å². The summed E-state index contributed by atoms with van der Waals surface area (Å²) < 4.78 is 30.2. The number of nitrogens with zero attached hydrogens (tertiary/aromatic N) is 1. The first-order chi connectivity index (χ1) is 8.28. The van der Waals surface area contributed by atoms with E-state index in [1.54, 1.807) is 0 Å². The third-order valence-electron chi connectivity index (χ3n) is 2.25. The highest BCUT2D eigenvalue weighted by atomic mass is 32.2. The Bertz CT molecular complexity index is 556. The summed E-state index contributed by atoms with van der Waals surface area (Å²) in [5.74, 6) is -0.593. The number of carbonyl (C=O) groups excluding carboxylic acids is 1. The Morgan fingerprint density at radius 3 is 2.56 bits per heavy atom. The molecule has 0 unspecified atom stereocenters. The predicted octanol–water partition coefficient (Wildman–Crippen LogP) is -0.617. The van der Waals surface area contributed by atoms with Crippen LogP contribution in [0.2, 0.25) is 0 Å². The van der Waals surface area contributed by atoms with Crippen LogP contribution in [0.3, 0.4) is 0 Å². The van der Waals surface area contributed by atoms with Crippen molar-refractivity contribution in [2.24, 2.45) is 5.73 Å². The van der Waals surface area contributed by atoms with Crippen molar-refractivity contribution in [1.29, 1.82) is 0 Å². The fourth-order valence-electron chi connectivity index (χ4n) is 1.37. The van der Waals surface area contributed by atoms with Crippen LogP contribution in [0.5, 0.6) is 5.75 Å². The molecule has 0 spiro atoms. The van der Waals surface area contributed by atoms with Crippen LogP contribution in [-0.4, -0.2) is 39.3 Å². The zero-order chi connectivity index (χ0) is 13.9. The van der Waals surface area contributed by atoms with Crippen molar-refractivity contribution in [2.45, 2.75) is 4.90 Å². The minimum atomic E-state index is -3.87. The number of ether oxygens (including phenoxy) is 1. The van der Waals surface area contributed by atoms with E-state index in [2.05, 4.69) is 0 Å². The van der Waals surface area contributed by atoms with Gasteiger partial charge in [-0.2, -0.15) is 4.31 Å². The number of benzene rings is 1. The molecule has 0 aliphatic rings. The van der Waals surface area contributed by atoms with E-state index in [-0.39, 0.29) is 16.3 Å². The molecule has 7 nitrogen and oxygen atoms in total. The van der Waals surface area contributed by atoms with Gasteiger partial charge in [0.1, 0.15) is 10.6 Å². The van der Waals surface area contributed by atoms with Crippen molar-refractivity contribution in [3.05, 3.63) is 18.2 Å². The van der Waals surface area contributed by atoms with Crippen molar-refractivity contribution in [3.63, 3.8) is 0 Å². The molecule has 1 amide bonds. The smallest absolute Gasteiger partial charge is 0.247 e. The van der Waals surface area contributed by atoms with Gasteiger partial charge < -0.3 is 16.2 Å². The quantitative estimate of drug-likeness (QED) is 0.694. The van der Waals surface area contributed by atoms with Gasteiger partial charge in [-0.3, -0.25) is 4.79 Å². The molecule has 18 heavy (non-hydrogen) atoms. The minimum absolute atomic E-state index is 0.103. The molecule has 0 aromatic heterocycles. The second-order valence-electron chi connectivity index (χ2n) is 3.64.